The molecule has 3 heteroatoms. The number of hydrogen-bond acceptors (Lipinski definition) is 2. The smallest absolute Gasteiger partial charge is 0.172 e. The molecule has 3 rings (SSSR count). The van der Waals surface area contributed by atoms with Crippen molar-refractivity contribution in [3.8, 4) is 0 Å². The molecule has 0 aromatic rings. The number of fused-ring (bicyclic) bond motifs is 3. The molecule has 2 aliphatic carbocycles. The molecule has 0 radical (unpaired) electrons. The van der Waals surface area contributed by atoms with Crippen LogP contribution in [0.25, 0.3) is 0 Å². The Morgan fingerprint density at radius 3 is 2.62 bits per heavy atom. The van der Waals surface area contributed by atoms with Gasteiger partial charge in [-0.25, -0.2) is 0 Å². The maximum atomic E-state index is 6.10. The van der Waals surface area contributed by atoms with Crippen molar-refractivity contribution < 1.29 is 9.47 Å². The van der Waals surface area contributed by atoms with Crippen LogP contribution in [0.4, 0.5) is 0 Å². The fourth-order valence-corrected chi connectivity index (χ4v) is 4.22. The van der Waals surface area contributed by atoms with E-state index in [1.165, 1.54) is 6.42 Å². The Kier molecular flexibility index (Phi) is 2.38. The zero-order valence-electron chi connectivity index (χ0n) is 10.3. The van der Waals surface area contributed by atoms with Crippen molar-refractivity contribution in [3.05, 3.63) is 0 Å². The Morgan fingerprint density at radius 2 is 2.12 bits per heavy atom. The van der Waals surface area contributed by atoms with Gasteiger partial charge in [-0.1, -0.05) is 20.8 Å². The highest BCUT2D eigenvalue weighted by atomic mass is 35.5. The van der Waals surface area contributed by atoms with Gasteiger partial charge in [0.2, 0.25) is 0 Å². The second kappa shape index (κ2) is 3.37. The number of rotatable bonds is 1. The summed E-state index contributed by atoms with van der Waals surface area (Å²) in [5.41, 5.74) is 0.446. The molecule has 1 saturated heterocycles. The Bertz CT molecular complexity index is 300. The molecular weight excluding hydrogens is 224 g/mol. The quantitative estimate of drug-likeness (QED) is 0.660. The van der Waals surface area contributed by atoms with Crippen LogP contribution in [0.15, 0.2) is 0 Å². The van der Waals surface area contributed by atoms with Crippen molar-refractivity contribution in [1.29, 1.82) is 0 Å². The van der Waals surface area contributed by atoms with E-state index in [1.54, 1.807) is 0 Å². The van der Waals surface area contributed by atoms with Gasteiger partial charge >= 0.3 is 0 Å². The van der Waals surface area contributed by atoms with Crippen LogP contribution in [0.2, 0.25) is 0 Å². The van der Waals surface area contributed by atoms with Crippen LogP contribution in [0, 0.1) is 23.2 Å². The van der Waals surface area contributed by atoms with Crippen LogP contribution in [-0.4, -0.2) is 24.4 Å². The standard InChI is InChI=1S/C13H21ClO2/c1-8-11-4-9(12(8,2)3)5-13(11)15-7-10(6-14)16-13/h8-11H,4-7H2,1-3H3/t8-,9+,10-,11+,13+/m0/s1. The molecule has 0 aromatic heterocycles. The number of halogens is 1. The van der Waals surface area contributed by atoms with Gasteiger partial charge in [0.05, 0.1) is 18.6 Å². The lowest BCUT2D eigenvalue weighted by Gasteiger charge is -2.44. The fourth-order valence-electron chi connectivity index (χ4n) is 4.07. The third-order valence-electron chi connectivity index (χ3n) is 5.52. The summed E-state index contributed by atoms with van der Waals surface area (Å²) in [7, 11) is 0. The first-order valence-corrected chi connectivity index (χ1v) is 6.91. The van der Waals surface area contributed by atoms with Crippen LogP contribution in [0.1, 0.15) is 33.6 Å². The summed E-state index contributed by atoms with van der Waals surface area (Å²) in [5.74, 6) is 2.28. The van der Waals surface area contributed by atoms with Gasteiger partial charge in [-0.3, -0.25) is 0 Å². The molecule has 2 nitrogen and oxygen atoms in total. The van der Waals surface area contributed by atoms with E-state index in [-0.39, 0.29) is 11.9 Å². The molecule has 0 N–H and O–H groups in total. The second-order valence-electron chi connectivity index (χ2n) is 6.37. The SMILES string of the molecule is C[C@H]1[C@H]2C[C@H](C[C@]23OC[C@H](CCl)O3)C1(C)C. The van der Waals surface area contributed by atoms with E-state index in [0.29, 0.717) is 29.7 Å². The Morgan fingerprint density at radius 1 is 1.38 bits per heavy atom. The van der Waals surface area contributed by atoms with Gasteiger partial charge in [-0.15, -0.1) is 11.6 Å². The predicted molar refractivity (Wildman–Crippen MR) is 63.4 cm³/mol. The van der Waals surface area contributed by atoms with Crippen LogP contribution in [0.3, 0.4) is 0 Å². The molecule has 2 bridgehead atoms. The molecule has 92 valence electrons. The lowest BCUT2D eigenvalue weighted by Crippen LogP contribution is -2.46. The summed E-state index contributed by atoms with van der Waals surface area (Å²) in [5, 5.41) is 0. The lowest BCUT2D eigenvalue weighted by atomic mass is 9.67. The first-order valence-electron chi connectivity index (χ1n) is 6.37. The largest absolute Gasteiger partial charge is 0.347 e. The number of hydrogen-bond donors (Lipinski definition) is 0. The van der Waals surface area contributed by atoms with E-state index in [4.69, 9.17) is 21.1 Å². The third kappa shape index (κ3) is 1.27. The minimum Gasteiger partial charge on any atom is -0.347 e. The molecule has 3 aliphatic rings. The number of alkyl halides is 1. The molecule has 5 atom stereocenters. The molecule has 2 saturated carbocycles. The van der Waals surface area contributed by atoms with E-state index in [0.717, 1.165) is 12.3 Å². The van der Waals surface area contributed by atoms with Crippen LogP contribution < -0.4 is 0 Å². The maximum absolute atomic E-state index is 6.10. The first kappa shape index (κ1) is 11.3. The molecule has 1 spiro atoms. The summed E-state index contributed by atoms with van der Waals surface area (Å²) in [6.45, 7) is 7.82. The van der Waals surface area contributed by atoms with E-state index >= 15 is 0 Å². The fraction of sp³-hybridized carbons (Fsp3) is 1.00. The van der Waals surface area contributed by atoms with Crippen LogP contribution in [0.5, 0.6) is 0 Å². The highest BCUT2D eigenvalue weighted by Crippen LogP contribution is 2.65. The molecule has 1 heterocycles. The normalized spacial score (nSPS) is 54.0. The average molecular weight is 245 g/mol. The van der Waals surface area contributed by atoms with Crippen molar-refractivity contribution in [2.45, 2.75) is 45.5 Å². The van der Waals surface area contributed by atoms with Crippen molar-refractivity contribution in [3.63, 3.8) is 0 Å². The van der Waals surface area contributed by atoms with Crippen molar-refractivity contribution in [1.82, 2.24) is 0 Å². The zero-order valence-corrected chi connectivity index (χ0v) is 11.1. The molecule has 3 fully saturated rings. The molecule has 16 heavy (non-hydrogen) atoms. The maximum Gasteiger partial charge on any atom is 0.172 e. The summed E-state index contributed by atoms with van der Waals surface area (Å²) < 4.78 is 12.1. The zero-order chi connectivity index (χ0) is 11.6. The summed E-state index contributed by atoms with van der Waals surface area (Å²) in [6.07, 6.45) is 2.45. The number of ether oxygens (including phenoxy) is 2. The monoisotopic (exact) mass is 244 g/mol. The molecule has 0 aromatic carbocycles. The minimum absolute atomic E-state index is 0.108. The van der Waals surface area contributed by atoms with E-state index in [2.05, 4.69) is 20.8 Å². The molecular formula is C13H21ClO2. The van der Waals surface area contributed by atoms with Gasteiger partial charge in [0.15, 0.2) is 5.79 Å². The van der Waals surface area contributed by atoms with Gasteiger partial charge in [-0.2, -0.15) is 0 Å². The van der Waals surface area contributed by atoms with Crippen LogP contribution in [-0.2, 0) is 9.47 Å². The van der Waals surface area contributed by atoms with Gasteiger partial charge in [-0.05, 0) is 23.7 Å². The topological polar surface area (TPSA) is 18.5 Å². The van der Waals surface area contributed by atoms with Gasteiger partial charge in [0, 0.05) is 12.3 Å². The summed E-state index contributed by atoms with van der Waals surface area (Å²) in [4.78, 5) is 0. The predicted octanol–water partition coefficient (Wildman–Crippen LogP) is 3.04. The van der Waals surface area contributed by atoms with E-state index < -0.39 is 0 Å². The lowest BCUT2D eigenvalue weighted by molar-refractivity contribution is -0.221. The van der Waals surface area contributed by atoms with Gasteiger partial charge in [0.1, 0.15) is 0 Å². The third-order valence-corrected chi connectivity index (χ3v) is 5.86. The Labute approximate surface area is 103 Å². The Hall–Kier alpha value is 0.210. The Balaban J connectivity index is 1.83. The molecule has 1 aliphatic heterocycles. The first-order chi connectivity index (χ1) is 7.49. The van der Waals surface area contributed by atoms with Crippen molar-refractivity contribution >= 4 is 11.6 Å². The van der Waals surface area contributed by atoms with E-state index in [9.17, 15) is 0 Å². The summed E-state index contributed by atoms with van der Waals surface area (Å²) in [6, 6.07) is 0. The van der Waals surface area contributed by atoms with Crippen molar-refractivity contribution in [2.24, 2.45) is 23.2 Å². The molecule has 0 unspecified atom stereocenters. The van der Waals surface area contributed by atoms with Gasteiger partial charge in [0.25, 0.3) is 0 Å². The highest BCUT2D eigenvalue weighted by Gasteiger charge is 2.65. The second-order valence-corrected chi connectivity index (χ2v) is 6.68. The minimum atomic E-state index is -0.279. The average Bonchev–Trinajstić information content (AvgIpc) is 2.87. The van der Waals surface area contributed by atoms with Gasteiger partial charge < -0.3 is 9.47 Å². The molecule has 0 amide bonds. The highest BCUT2D eigenvalue weighted by molar-refractivity contribution is 6.18. The van der Waals surface area contributed by atoms with Crippen LogP contribution >= 0.6 is 11.6 Å². The summed E-state index contributed by atoms with van der Waals surface area (Å²) >= 11 is 5.86. The van der Waals surface area contributed by atoms with E-state index in [1.807, 2.05) is 0 Å². The van der Waals surface area contributed by atoms with Crippen molar-refractivity contribution in [2.75, 3.05) is 12.5 Å².